The summed E-state index contributed by atoms with van der Waals surface area (Å²) < 4.78 is 14.5. The lowest BCUT2D eigenvalue weighted by Crippen LogP contribution is -2.50. The maximum Gasteiger partial charge on any atom is 0.410 e. The van der Waals surface area contributed by atoms with Gasteiger partial charge in [0.2, 0.25) is 0 Å². The van der Waals surface area contributed by atoms with Gasteiger partial charge in [0, 0.05) is 59.9 Å². The topological polar surface area (TPSA) is 80.1 Å². The lowest BCUT2D eigenvalue weighted by molar-refractivity contribution is -0.122. The van der Waals surface area contributed by atoms with Crippen LogP contribution in [0.2, 0.25) is 0 Å². The van der Waals surface area contributed by atoms with Gasteiger partial charge in [0.1, 0.15) is 11.4 Å². The Bertz CT molecular complexity index is 1470. The van der Waals surface area contributed by atoms with E-state index in [1.165, 1.54) is 5.69 Å². The first kappa shape index (κ1) is 29.7. The van der Waals surface area contributed by atoms with Gasteiger partial charge in [-0.15, -0.1) is 0 Å². The van der Waals surface area contributed by atoms with Crippen molar-refractivity contribution < 1.29 is 19.1 Å². The van der Waals surface area contributed by atoms with Crippen molar-refractivity contribution in [1.29, 1.82) is 0 Å². The van der Waals surface area contributed by atoms with E-state index in [9.17, 15) is 9.59 Å². The van der Waals surface area contributed by atoms with Gasteiger partial charge < -0.3 is 24.2 Å². The smallest absolute Gasteiger partial charge is 0.410 e. The summed E-state index contributed by atoms with van der Waals surface area (Å²) in [5, 5.41) is 5.09. The second kappa shape index (κ2) is 12.3. The number of rotatable bonds is 6. The Hall–Kier alpha value is -3.37. The predicted octanol–water partition coefficient (Wildman–Crippen LogP) is 5.89. The predicted molar refractivity (Wildman–Crippen MR) is 169 cm³/mol. The van der Waals surface area contributed by atoms with Crippen LogP contribution in [0.4, 0.5) is 10.5 Å². The molecule has 0 radical (unpaired) electrons. The van der Waals surface area contributed by atoms with Crippen molar-refractivity contribution in [2.75, 3.05) is 37.7 Å². The molecule has 0 N–H and O–H groups in total. The second-order valence-electron chi connectivity index (χ2n) is 12.6. The van der Waals surface area contributed by atoms with Crippen LogP contribution in [0.5, 0.6) is 5.75 Å². The van der Waals surface area contributed by atoms with Crippen molar-refractivity contribution in [2.45, 2.75) is 71.2 Å². The Labute approximate surface area is 261 Å². The zero-order chi connectivity index (χ0) is 30.1. The molecule has 43 heavy (non-hydrogen) atoms. The zero-order valence-corrected chi connectivity index (χ0v) is 26.8. The number of halogens is 1. The van der Waals surface area contributed by atoms with Gasteiger partial charge in [-0.2, -0.15) is 5.10 Å². The number of hydrogen-bond donors (Lipinski definition) is 0. The van der Waals surface area contributed by atoms with Crippen LogP contribution in [0.3, 0.4) is 0 Å². The third kappa shape index (κ3) is 6.60. The summed E-state index contributed by atoms with van der Waals surface area (Å²) in [6.07, 6.45) is 3.35. The quantitative estimate of drug-likeness (QED) is 0.332. The molecule has 3 aromatic rings. The van der Waals surface area contributed by atoms with E-state index >= 15 is 0 Å². The fourth-order valence-electron chi connectivity index (χ4n) is 6.36. The minimum absolute atomic E-state index is 0.0485. The lowest BCUT2D eigenvalue weighted by atomic mass is 10.0. The number of para-hydroxylation sites is 2. The zero-order valence-electron chi connectivity index (χ0n) is 25.2. The highest BCUT2D eigenvalue weighted by atomic mass is 79.9. The number of piperidine rings is 1. The Kier molecular flexibility index (Phi) is 8.51. The van der Waals surface area contributed by atoms with E-state index in [-0.39, 0.29) is 24.6 Å². The Morgan fingerprint density at radius 2 is 1.79 bits per heavy atom. The van der Waals surface area contributed by atoms with E-state index in [4.69, 9.17) is 14.6 Å². The standard InChI is InChI=1S/C33H40BrN5O4/c1-33(2,3)43-32(41)37-20-15-27-26(21-37)31(23-9-11-24(34)12-10-23)35-38(27)17-6-16-36-18-13-25(14-19-36)39-28-7-4-5-8-29(28)42-22-30(39)40/h4-5,7-12,25H,6,13-22H2,1-3H3. The highest BCUT2D eigenvalue weighted by molar-refractivity contribution is 9.10. The molecule has 0 bridgehead atoms. The number of anilines is 1. The highest BCUT2D eigenvalue weighted by Crippen LogP contribution is 2.35. The van der Waals surface area contributed by atoms with Crippen LogP contribution in [0, 0.1) is 0 Å². The van der Waals surface area contributed by atoms with Gasteiger partial charge in [-0.05, 0) is 70.8 Å². The fraction of sp³-hybridized carbons (Fsp3) is 0.485. The van der Waals surface area contributed by atoms with Crippen LogP contribution in [0.1, 0.15) is 51.3 Å². The Morgan fingerprint density at radius 1 is 1.05 bits per heavy atom. The molecule has 3 aliphatic rings. The summed E-state index contributed by atoms with van der Waals surface area (Å²) in [6, 6.07) is 16.3. The SMILES string of the molecule is CC(C)(C)OC(=O)N1CCc2c(c(-c3ccc(Br)cc3)nn2CCCN2CCC(N3C(=O)COc4ccccc43)CC2)C1. The summed E-state index contributed by atoms with van der Waals surface area (Å²) >= 11 is 3.54. The van der Waals surface area contributed by atoms with Crippen molar-refractivity contribution >= 4 is 33.6 Å². The monoisotopic (exact) mass is 649 g/mol. The molecule has 0 atom stereocenters. The number of nitrogens with zero attached hydrogens (tertiary/aromatic N) is 5. The minimum Gasteiger partial charge on any atom is -0.482 e. The van der Waals surface area contributed by atoms with E-state index in [1.807, 2.05) is 62.1 Å². The first-order valence-corrected chi connectivity index (χ1v) is 16.0. The number of ether oxygens (including phenoxy) is 2. The normalized spacial score (nSPS) is 17.8. The van der Waals surface area contributed by atoms with E-state index in [2.05, 4.69) is 37.6 Å². The van der Waals surface area contributed by atoms with Crippen LogP contribution in [-0.2, 0) is 29.0 Å². The number of benzene rings is 2. The van der Waals surface area contributed by atoms with Crippen molar-refractivity contribution in [3.05, 3.63) is 64.3 Å². The number of aromatic nitrogens is 2. The molecule has 1 fully saturated rings. The summed E-state index contributed by atoms with van der Waals surface area (Å²) in [7, 11) is 0. The molecule has 1 saturated heterocycles. The lowest BCUT2D eigenvalue weighted by Gasteiger charge is -2.40. The summed E-state index contributed by atoms with van der Waals surface area (Å²) in [5.74, 6) is 0.844. The van der Waals surface area contributed by atoms with Gasteiger partial charge in [-0.25, -0.2) is 4.79 Å². The molecule has 1 aromatic heterocycles. The number of aryl methyl sites for hydroxylation is 1. The molecule has 0 spiro atoms. The molecular formula is C33H40BrN5O4. The van der Waals surface area contributed by atoms with Gasteiger partial charge >= 0.3 is 6.09 Å². The Balaban J connectivity index is 1.10. The van der Waals surface area contributed by atoms with Crippen LogP contribution in [-0.4, -0.2) is 76.0 Å². The maximum absolute atomic E-state index is 12.9. The molecule has 0 saturated carbocycles. The number of likely N-dealkylation sites (tertiary alicyclic amines) is 1. The molecule has 3 aliphatic heterocycles. The summed E-state index contributed by atoms with van der Waals surface area (Å²) in [6.45, 7) is 10.6. The average molecular weight is 651 g/mol. The van der Waals surface area contributed by atoms with Gasteiger partial charge in [0.15, 0.2) is 6.61 Å². The largest absolute Gasteiger partial charge is 0.482 e. The van der Waals surface area contributed by atoms with Gasteiger partial charge in [0.05, 0.1) is 17.9 Å². The molecule has 2 aromatic carbocycles. The van der Waals surface area contributed by atoms with E-state index in [0.717, 1.165) is 84.6 Å². The molecule has 9 nitrogen and oxygen atoms in total. The van der Waals surface area contributed by atoms with Gasteiger partial charge in [0.25, 0.3) is 5.91 Å². The Morgan fingerprint density at radius 3 is 2.53 bits per heavy atom. The summed E-state index contributed by atoms with van der Waals surface area (Å²) in [5.41, 5.74) is 4.66. The molecule has 10 heteroatoms. The molecule has 6 rings (SSSR count). The number of carbonyl (C=O) groups excluding carboxylic acids is 2. The first-order chi connectivity index (χ1) is 20.7. The molecule has 0 unspecified atom stereocenters. The van der Waals surface area contributed by atoms with Gasteiger partial charge in [-0.1, -0.05) is 40.2 Å². The van der Waals surface area contributed by atoms with E-state index in [0.29, 0.717) is 13.1 Å². The number of fused-ring (bicyclic) bond motifs is 2. The van der Waals surface area contributed by atoms with Crippen molar-refractivity contribution in [1.82, 2.24) is 19.6 Å². The molecule has 4 heterocycles. The van der Waals surface area contributed by atoms with Crippen molar-refractivity contribution in [2.24, 2.45) is 0 Å². The van der Waals surface area contributed by atoms with E-state index < -0.39 is 5.60 Å². The third-order valence-electron chi connectivity index (χ3n) is 8.41. The van der Waals surface area contributed by atoms with Crippen LogP contribution in [0.15, 0.2) is 53.0 Å². The average Bonchev–Trinajstić information content (AvgIpc) is 3.35. The van der Waals surface area contributed by atoms with Crippen molar-refractivity contribution in [3.8, 4) is 17.0 Å². The van der Waals surface area contributed by atoms with Crippen LogP contribution in [0.25, 0.3) is 11.3 Å². The molecule has 228 valence electrons. The fourth-order valence-corrected chi connectivity index (χ4v) is 6.63. The highest BCUT2D eigenvalue weighted by Gasteiger charge is 2.34. The second-order valence-corrected chi connectivity index (χ2v) is 13.5. The number of hydrogen-bond acceptors (Lipinski definition) is 6. The van der Waals surface area contributed by atoms with Crippen molar-refractivity contribution in [3.63, 3.8) is 0 Å². The summed E-state index contributed by atoms with van der Waals surface area (Å²) in [4.78, 5) is 31.9. The van der Waals surface area contributed by atoms with E-state index in [1.54, 1.807) is 4.90 Å². The molecular weight excluding hydrogens is 610 g/mol. The third-order valence-corrected chi connectivity index (χ3v) is 8.94. The van der Waals surface area contributed by atoms with Crippen LogP contribution < -0.4 is 9.64 Å². The number of amides is 2. The molecule has 0 aliphatic carbocycles. The number of carbonyl (C=O) groups is 2. The first-order valence-electron chi connectivity index (χ1n) is 15.2. The van der Waals surface area contributed by atoms with Gasteiger partial charge in [-0.3, -0.25) is 9.48 Å². The minimum atomic E-state index is -0.535. The van der Waals surface area contributed by atoms with Crippen LogP contribution >= 0.6 is 15.9 Å². The maximum atomic E-state index is 12.9. The molecule has 2 amide bonds.